The van der Waals surface area contributed by atoms with Gasteiger partial charge in [0.25, 0.3) is 5.91 Å². The van der Waals surface area contributed by atoms with Crippen LogP contribution in [0.2, 0.25) is 0 Å². The number of anilines is 1. The molecule has 0 saturated heterocycles. The van der Waals surface area contributed by atoms with Crippen LogP contribution in [0, 0.1) is 29.5 Å². The first-order chi connectivity index (χ1) is 9.70. The SMILES string of the molecule is NNc1c(F)cccc1C(=O)NC1C2C3CCC(C3)C12. The average molecular weight is 275 g/mol. The first kappa shape index (κ1) is 12.1. The van der Waals surface area contributed by atoms with Gasteiger partial charge in [-0.1, -0.05) is 6.07 Å². The first-order valence-corrected chi connectivity index (χ1v) is 7.26. The number of rotatable bonds is 3. The van der Waals surface area contributed by atoms with Gasteiger partial charge >= 0.3 is 0 Å². The molecule has 20 heavy (non-hydrogen) atoms. The van der Waals surface area contributed by atoms with Gasteiger partial charge in [-0.05, 0) is 55.1 Å². The van der Waals surface area contributed by atoms with Gasteiger partial charge in [-0.15, -0.1) is 0 Å². The molecule has 0 spiro atoms. The maximum atomic E-state index is 13.6. The fourth-order valence-corrected chi connectivity index (χ4v) is 4.61. The molecule has 1 aromatic carbocycles. The molecule has 4 N–H and O–H groups in total. The van der Waals surface area contributed by atoms with E-state index >= 15 is 0 Å². The van der Waals surface area contributed by atoms with Crippen molar-refractivity contribution in [3.8, 4) is 0 Å². The van der Waals surface area contributed by atoms with E-state index in [1.54, 1.807) is 6.07 Å². The van der Waals surface area contributed by atoms with E-state index in [1.807, 2.05) is 0 Å². The van der Waals surface area contributed by atoms with Gasteiger partial charge in [0.15, 0.2) is 0 Å². The third kappa shape index (κ3) is 1.59. The average Bonchev–Trinajstić information content (AvgIpc) is 2.84. The Bertz CT molecular complexity index is 560. The zero-order valence-electron chi connectivity index (χ0n) is 11.1. The number of halogens is 1. The topological polar surface area (TPSA) is 67.1 Å². The Morgan fingerprint density at radius 2 is 1.95 bits per heavy atom. The predicted molar refractivity (Wildman–Crippen MR) is 73.3 cm³/mol. The molecule has 3 aliphatic rings. The monoisotopic (exact) mass is 275 g/mol. The Morgan fingerprint density at radius 1 is 1.25 bits per heavy atom. The largest absolute Gasteiger partial charge is 0.349 e. The summed E-state index contributed by atoms with van der Waals surface area (Å²) in [7, 11) is 0. The van der Waals surface area contributed by atoms with Crippen molar-refractivity contribution in [1.82, 2.24) is 5.32 Å². The number of fused-ring (bicyclic) bond motifs is 5. The highest BCUT2D eigenvalue weighted by Crippen LogP contribution is 2.65. The molecular weight excluding hydrogens is 257 g/mol. The number of nitrogen functional groups attached to an aromatic ring is 1. The molecule has 1 aromatic rings. The lowest BCUT2D eigenvalue weighted by molar-refractivity contribution is 0.0944. The van der Waals surface area contributed by atoms with Crippen LogP contribution in [0.4, 0.5) is 10.1 Å². The Balaban J connectivity index is 1.51. The van der Waals surface area contributed by atoms with Crippen LogP contribution in [0.5, 0.6) is 0 Å². The van der Waals surface area contributed by atoms with Crippen molar-refractivity contribution in [1.29, 1.82) is 0 Å². The quantitative estimate of drug-likeness (QED) is 0.583. The van der Waals surface area contributed by atoms with Gasteiger partial charge in [-0.25, -0.2) is 4.39 Å². The third-order valence-corrected chi connectivity index (χ3v) is 5.44. The van der Waals surface area contributed by atoms with Crippen molar-refractivity contribution < 1.29 is 9.18 Å². The summed E-state index contributed by atoms with van der Waals surface area (Å²) in [5, 5.41) is 3.07. The Labute approximate surface area is 116 Å². The number of benzene rings is 1. The Kier molecular flexibility index (Phi) is 2.54. The molecule has 106 valence electrons. The molecule has 4 unspecified atom stereocenters. The highest BCUT2D eigenvalue weighted by Gasteiger charge is 2.65. The van der Waals surface area contributed by atoms with Crippen LogP contribution in [0.1, 0.15) is 29.6 Å². The van der Waals surface area contributed by atoms with Crippen LogP contribution in [-0.4, -0.2) is 11.9 Å². The van der Waals surface area contributed by atoms with Crippen molar-refractivity contribution in [2.45, 2.75) is 25.3 Å². The third-order valence-electron chi connectivity index (χ3n) is 5.44. The van der Waals surface area contributed by atoms with Crippen molar-refractivity contribution in [3.63, 3.8) is 0 Å². The molecule has 4 nitrogen and oxygen atoms in total. The molecular formula is C15H18FN3O. The number of para-hydroxylation sites is 1. The highest BCUT2D eigenvalue weighted by molar-refractivity contribution is 6.00. The molecule has 0 aromatic heterocycles. The van der Waals surface area contributed by atoms with Crippen molar-refractivity contribution in [2.75, 3.05) is 5.43 Å². The summed E-state index contributed by atoms with van der Waals surface area (Å²) in [4.78, 5) is 12.3. The molecule has 0 radical (unpaired) electrons. The Morgan fingerprint density at radius 3 is 2.60 bits per heavy atom. The van der Waals surface area contributed by atoms with Crippen LogP contribution in [0.25, 0.3) is 0 Å². The second kappa shape index (κ2) is 4.19. The van der Waals surface area contributed by atoms with E-state index in [1.165, 1.54) is 31.4 Å². The molecule has 1 amide bonds. The summed E-state index contributed by atoms with van der Waals surface area (Å²) in [6.07, 6.45) is 3.97. The predicted octanol–water partition coefficient (Wildman–Crippen LogP) is 1.89. The summed E-state index contributed by atoms with van der Waals surface area (Å²) in [5.74, 6) is 7.52. The number of hydrogen-bond acceptors (Lipinski definition) is 3. The smallest absolute Gasteiger partial charge is 0.253 e. The first-order valence-electron chi connectivity index (χ1n) is 7.26. The lowest BCUT2D eigenvalue weighted by atomic mass is 10.0. The van der Waals surface area contributed by atoms with Gasteiger partial charge in [0.2, 0.25) is 0 Å². The normalized spacial score (nSPS) is 36.6. The molecule has 3 aliphatic carbocycles. The van der Waals surface area contributed by atoms with Crippen LogP contribution in [-0.2, 0) is 0 Å². The zero-order chi connectivity index (χ0) is 13.9. The number of hydrogen-bond donors (Lipinski definition) is 3. The highest BCUT2D eigenvalue weighted by atomic mass is 19.1. The molecule has 0 aliphatic heterocycles. The number of carbonyl (C=O) groups is 1. The summed E-state index contributed by atoms with van der Waals surface area (Å²) < 4.78 is 13.6. The van der Waals surface area contributed by atoms with Crippen LogP contribution >= 0.6 is 0 Å². The zero-order valence-corrected chi connectivity index (χ0v) is 11.1. The summed E-state index contributed by atoms with van der Waals surface area (Å²) >= 11 is 0. The van der Waals surface area contributed by atoms with Gasteiger partial charge in [-0.3, -0.25) is 10.6 Å². The van der Waals surface area contributed by atoms with E-state index < -0.39 is 5.82 Å². The van der Waals surface area contributed by atoms with E-state index in [2.05, 4.69) is 10.7 Å². The number of nitrogens with two attached hydrogens (primary N) is 1. The van der Waals surface area contributed by atoms with E-state index in [-0.39, 0.29) is 17.2 Å². The molecule has 4 atom stereocenters. The minimum Gasteiger partial charge on any atom is -0.349 e. The van der Waals surface area contributed by atoms with Gasteiger partial charge in [0.05, 0.1) is 11.3 Å². The van der Waals surface area contributed by atoms with Crippen LogP contribution in [0.15, 0.2) is 18.2 Å². The standard InChI is InChI=1S/C15H18FN3O/c16-10-3-1-2-9(13(10)19-17)15(20)18-14-11-7-4-5-8(6-7)12(11)14/h1-3,7-8,11-12,14,19H,4-6,17H2,(H,18,20). The summed E-state index contributed by atoms with van der Waals surface area (Å²) in [6.45, 7) is 0. The molecule has 0 heterocycles. The van der Waals surface area contributed by atoms with Gasteiger partial charge in [0, 0.05) is 6.04 Å². The molecule has 2 bridgehead atoms. The maximum absolute atomic E-state index is 13.6. The van der Waals surface area contributed by atoms with Crippen molar-refractivity contribution >= 4 is 11.6 Å². The van der Waals surface area contributed by atoms with Gasteiger partial charge in [-0.2, -0.15) is 0 Å². The Hall–Kier alpha value is -1.62. The lowest BCUT2D eigenvalue weighted by Gasteiger charge is -2.13. The van der Waals surface area contributed by atoms with E-state index in [9.17, 15) is 9.18 Å². The fourth-order valence-electron chi connectivity index (χ4n) is 4.61. The second-order valence-electron chi connectivity index (χ2n) is 6.29. The van der Waals surface area contributed by atoms with Gasteiger partial charge in [0.1, 0.15) is 5.82 Å². The number of amides is 1. The molecule has 4 rings (SSSR count). The summed E-state index contributed by atoms with van der Waals surface area (Å²) in [5.41, 5.74) is 2.63. The summed E-state index contributed by atoms with van der Waals surface area (Å²) in [6, 6.07) is 4.71. The van der Waals surface area contributed by atoms with Crippen LogP contribution < -0.4 is 16.6 Å². The number of carbonyl (C=O) groups excluding carboxylic acids is 1. The van der Waals surface area contributed by atoms with E-state index in [4.69, 9.17) is 5.84 Å². The van der Waals surface area contributed by atoms with E-state index in [0.29, 0.717) is 17.9 Å². The van der Waals surface area contributed by atoms with Crippen molar-refractivity contribution in [2.24, 2.45) is 29.5 Å². The fraction of sp³-hybridized carbons (Fsp3) is 0.533. The minimum atomic E-state index is -0.504. The second-order valence-corrected chi connectivity index (χ2v) is 6.29. The van der Waals surface area contributed by atoms with Crippen molar-refractivity contribution in [3.05, 3.63) is 29.6 Å². The van der Waals surface area contributed by atoms with Gasteiger partial charge < -0.3 is 10.7 Å². The lowest BCUT2D eigenvalue weighted by Crippen LogP contribution is -2.31. The maximum Gasteiger partial charge on any atom is 0.253 e. The number of nitrogens with one attached hydrogen (secondary N) is 2. The molecule has 5 heteroatoms. The number of hydrazine groups is 1. The molecule has 3 fully saturated rings. The van der Waals surface area contributed by atoms with E-state index in [0.717, 1.165) is 11.8 Å². The van der Waals surface area contributed by atoms with Crippen LogP contribution in [0.3, 0.4) is 0 Å². The minimum absolute atomic E-state index is 0.0683. The molecule has 3 saturated carbocycles.